The van der Waals surface area contributed by atoms with Crippen LogP contribution in [0.25, 0.3) is 0 Å². The molecule has 1 aliphatic rings. The zero-order chi connectivity index (χ0) is 14.9. The minimum Gasteiger partial charge on any atom is -0.490 e. The number of ether oxygens (including phenoxy) is 3. The third kappa shape index (κ3) is 4.90. The van der Waals surface area contributed by atoms with Crippen molar-refractivity contribution in [2.24, 2.45) is 0 Å². The van der Waals surface area contributed by atoms with E-state index in [-0.39, 0.29) is 6.04 Å². The van der Waals surface area contributed by atoms with Crippen LogP contribution in [0.2, 0.25) is 0 Å². The lowest BCUT2D eigenvalue weighted by molar-refractivity contribution is 0.110. The van der Waals surface area contributed by atoms with Crippen LogP contribution < -0.4 is 14.8 Å². The number of nitrogens with one attached hydrogen (secondary N) is 1. The topological polar surface area (TPSA) is 39.7 Å². The number of unbranched alkanes of at least 4 members (excludes halogenated alkanes) is 2. The van der Waals surface area contributed by atoms with Crippen LogP contribution in [0.4, 0.5) is 0 Å². The molecule has 118 valence electrons. The van der Waals surface area contributed by atoms with Gasteiger partial charge in [-0.15, -0.1) is 0 Å². The summed E-state index contributed by atoms with van der Waals surface area (Å²) in [6.45, 7) is 5.15. The molecule has 0 saturated heterocycles. The van der Waals surface area contributed by atoms with Crippen LogP contribution in [-0.2, 0) is 4.74 Å². The molecule has 1 heterocycles. The summed E-state index contributed by atoms with van der Waals surface area (Å²) in [7, 11) is 1.96. The number of fused-ring (bicyclic) bond motifs is 1. The highest BCUT2D eigenvalue weighted by Crippen LogP contribution is 2.32. The van der Waals surface area contributed by atoms with Gasteiger partial charge < -0.3 is 19.5 Å². The van der Waals surface area contributed by atoms with Crippen molar-refractivity contribution >= 4 is 0 Å². The van der Waals surface area contributed by atoms with Gasteiger partial charge in [-0.1, -0.05) is 25.8 Å². The van der Waals surface area contributed by atoms with E-state index < -0.39 is 0 Å². The molecule has 0 aliphatic carbocycles. The highest BCUT2D eigenvalue weighted by Gasteiger charge is 2.15. The minimum absolute atomic E-state index is 0.184. The Balaban J connectivity index is 1.93. The van der Waals surface area contributed by atoms with Crippen molar-refractivity contribution in [1.29, 1.82) is 0 Å². The van der Waals surface area contributed by atoms with Gasteiger partial charge in [0.25, 0.3) is 0 Å². The average Bonchev–Trinajstić information content (AvgIpc) is 2.75. The van der Waals surface area contributed by atoms with Crippen LogP contribution in [0.5, 0.6) is 11.5 Å². The molecule has 0 radical (unpaired) electrons. The fourth-order valence-electron chi connectivity index (χ4n) is 2.40. The first-order chi connectivity index (χ1) is 10.3. The molecule has 4 heteroatoms. The molecule has 0 saturated carbocycles. The third-order valence-electron chi connectivity index (χ3n) is 3.70. The molecule has 0 bridgehead atoms. The van der Waals surface area contributed by atoms with Crippen molar-refractivity contribution in [1.82, 2.24) is 5.32 Å². The molecular formula is C17H27NO3. The number of benzene rings is 1. The van der Waals surface area contributed by atoms with Crippen molar-refractivity contribution in [3.05, 3.63) is 23.8 Å². The van der Waals surface area contributed by atoms with Gasteiger partial charge >= 0.3 is 0 Å². The van der Waals surface area contributed by atoms with Crippen LogP contribution in [0, 0.1) is 0 Å². The van der Waals surface area contributed by atoms with Gasteiger partial charge in [-0.05, 0) is 31.2 Å². The zero-order valence-electron chi connectivity index (χ0n) is 13.2. The summed E-state index contributed by atoms with van der Waals surface area (Å²) in [6.07, 6.45) is 4.52. The largest absolute Gasteiger partial charge is 0.490 e. The SMILES string of the molecule is CCCCCOCC(NC)c1ccc2c(c1)OCCCO2. The summed E-state index contributed by atoms with van der Waals surface area (Å²) < 4.78 is 17.2. The molecule has 1 atom stereocenters. The normalized spacial score (nSPS) is 15.5. The monoisotopic (exact) mass is 293 g/mol. The molecule has 2 rings (SSSR count). The molecule has 0 spiro atoms. The summed E-state index contributed by atoms with van der Waals surface area (Å²) in [6, 6.07) is 6.34. The molecule has 0 fully saturated rings. The smallest absolute Gasteiger partial charge is 0.161 e. The lowest BCUT2D eigenvalue weighted by Gasteiger charge is -2.18. The van der Waals surface area contributed by atoms with Crippen molar-refractivity contribution < 1.29 is 14.2 Å². The molecule has 1 aliphatic heterocycles. The quantitative estimate of drug-likeness (QED) is 0.746. The summed E-state index contributed by atoms with van der Waals surface area (Å²) >= 11 is 0. The third-order valence-corrected chi connectivity index (χ3v) is 3.70. The van der Waals surface area contributed by atoms with Crippen LogP contribution in [0.1, 0.15) is 44.2 Å². The van der Waals surface area contributed by atoms with Crippen LogP contribution >= 0.6 is 0 Å². The molecule has 0 aromatic heterocycles. The van der Waals surface area contributed by atoms with Gasteiger partial charge in [0.2, 0.25) is 0 Å². The minimum atomic E-state index is 0.184. The predicted molar refractivity (Wildman–Crippen MR) is 84.2 cm³/mol. The highest BCUT2D eigenvalue weighted by atomic mass is 16.5. The van der Waals surface area contributed by atoms with E-state index in [0.717, 1.165) is 37.6 Å². The molecular weight excluding hydrogens is 266 g/mol. The molecule has 4 nitrogen and oxygen atoms in total. The second-order valence-electron chi connectivity index (χ2n) is 5.38. The Morgan fingerprint density at radius 3 is 2.76 bits per heavy atom. The van der Waals surface area contributed by atoms with E-state index in [2.05, 4.69) is 24.4 Å². The number of hydrogen-bond donors (Lipinski definition) is 1. The lowest BCUT2D eigenvalue weighted by atomic mass is 10.1. The lowest BCUT2D eigenvalue weighted by Crippen LogP contribution is -2.22. The Hall–Kier alpha value is -1.26. The van der Waals surface area contributed by atoms with Gasteiger partial charge in [0.1, 0.15) is 0 Å². The Kier molecular flexibility index (Phi) is 6.83. The van der Waals surface area contributed by atoms with Crippen molar-refractivity contribution in [2.75, 3.05) is 33.5 Å². The molecule has 21 heavy (non-hydrogen) atoms. The highest BCUT2D eigenvalue weighted by molar-refractivity contribution is 5.44. The van der Waals surface area contributed by atoms with E-state index >= 15 is 0 Å². The average molecular weight is 293 g/mol. The number of hydrogen-bond acceptors (Lipinski definition) is 4. The first-order valence-electron chi connectivity index (χ1n) is 7.99. The van der Waals surface area contributed by atoms with Gasteiger partial charge in [-0.2, -0.15) is 0 Å². The zero-order valence-corrected chi connectivity index (χ0v) is 13.2. The first-order valence-corrected chi connectivity index (χ1v) is 7.99. The van der Waals surface area contributed by atoms with E-state index in [0.29, 0.717) is 13.2 Å². The summed E-state index contributed by atoms with van der Waals surface area (Å²) in [5.74, 6) is 1.69. The predicted octanol–water partition coefficient (Wildman–Crippen LogP) is 3.32. The van der Waals surface area contributed by atoms with Crippen molar-refractivity contribution in [3.63, 3.8) is 0 Å². The van der Waals surface area contributed by atoms with E-state index in [1.165, 1.54) is 18.4 Å². The second-order valence-corrected chi connectivity index (χ2v) is 5.38. The summed E-state index contributed by atoms with van der Waals surface area (Å²) in [4.78, 5) is 0. The van der Waals surface area contributed by atoms with Crippen molar-refractivity contribution in [3.8, 4) is 11.5 Å². The first kappa shape index (κ1) is 16.1. The van der Waals surface area contributed by atoms with E-state index in [4.69, 9.17) is 14.2 Å². The fraction of sp³-hybridized carbons (Fsp3) is 0.647. The summed E-state index contributed by atoms with van der Waals surface area (Å²) in [5, 5.41) is 3.31. The molecule has 1 aromatic carbocycles. The van der Waals surface area contributed by atoms with E-state index in [9.17, 15) is 0 Å². The Labute approximate surface area is 127 Å². The second kappa shape index (κ2) is 8.90. The Morgan fingerprint density at radius 2 is 2.00 bits per heavy atom. The Morgan fingerprint density at radius 1 is 1.19 bits per heavy atom. The van der Waals surface area contributed by atoms with Gasteiger partial charge in [-0.25, -0.2) is 0 Å². The maximum absolute atomic E-state index is 5.78. The number of rotatable bonds is 8. The fourth-order valence-corrected chi connectivity index (χ4v) is 2.40. The molecule has 1 unspecified atom stereocenters. The Bertz CT molecular complexity index is 422. The van der Waals surface area contributed by atoms with Crippen LogP contribution in [0.15, 0.2) is 18.2 Å². The van der Waals surface area contributed by atoms with E-state index in [1.54, 1.807) is 0 Å². The summed E-state index contributed by atoms with van der Waals surface area (Å²) in [5.41, 5.74) is 1.18. The molecule has 1 aromatic rings. The standard InChI is InChI=1S/C17H27NO3/c1-3-4-5-9-19-13-15(18-2)14-7-8-16-17(12-14)21-11-6-10-20-16/h7-8,12,15,18H,3-6,9-11,13H2,1-2H3. The van der Waals surface area contributed by atoms with Gasteiger partial charge in [0.05, 0.1) is 25.9 Å². The number of likely N-dealkylation sites (N-methyl/N-ethyl adjacent to an activating group) is 1. The van der Waals surface area contributed by atoms with Gasteiger partial charge in [-0.3, -0.25) is 0 Å². The maximum atomic E-state index is 5.78. The van der Waals surface area contributed by atoms with E-state index in [1.807, 2.05) is 13.1 Å². The maximum Gasteiger partial charge on any atom is 0.161 e. The van der Waals surface area contributed by atoms with Crippen LogP contribution in [0.3, 0.4) is 0 Å². The molecule has 0 amide bonds. The van der Waals surface area contributed by atoms with Crippen molar-refractivity contribution in [2.45, 2.75) is 38.6 Å². The van der Waals surface area contributed by atoms with Gasteiger partial charge in [0, 0.05) is 13.0 Å². The van der Waals surface area contributed by atoms with Crippen LogP contribution in [-0.4, -0.2) is 33.5 Å². The van der Waals surface area contributed by atoms with Gasteiger partial charge in [0.15, 0.2) is 11.5 Å². The molecule has 1 N–H and O–H groups in total.